The molecule has 0 atom stereocenters. The fraction of sp³-hybridized carbons (Fsp3) is 0.174. The van der Waals surface area contributed by atoms with E-state index in [-0.39, 0.29) is 29.9 Å². The fourth-order valence-electron chi connectivity index (χ4n) is 3.05. The van der Waals surface area contributed by atoms with Crippen molar-refractivity contribution in [3.05, 3.63) is 71.5 Å². The number of nitrogens with one attached hydrogen (secondary N) is 1. The van der Waals surface area contributed by atoms with Crippen LogP contribution in [0.25, 0.3) is 17.1 Å². The van der Waals surface area contributed by atoms with Crippen molar-refractivity contribution in [2.45, 2.75) is 18.5 Å². The Morgan fingerprint density at radius 3 is 2.62 bits per heavy atom. The Bertz CT molecular complexity index is 1280. The van der Waals surface area contributed by atoms with Crippen molar-refractivity contribution < 1.29 is 18.7 Å². The SMILES string of the molecule is CCOC(=O)Cc1csc(NC(=O)CSc2nnc(-c3ccccc3)n2-c2ccc(F)cc2)n1. The second kappa shape index (κ2) is 11.0. The number of halogens is 1. The molecule has 0 aliphatic rings. The van der Waals surface area contributed by atoms with Gasteiger partial charge in [-0.05, 0) is 31.2 Å². The molecule has 0 bridgehead atoms. The van der Waals surface area contributed by atoms with Crippen LogP contribution in [0.15, 0.2) is 65.1 Å². The molecule has 8 nitrogen and oxygen atoms in total. The molecule has 0 unspecified atom stereocenters. The number of aromatic nitrogens is 4. The van der Waals surface area contributed by atoms with E-state index in [2.05, 4.69) is 20.5 Å². The van der Waals surface area contributed by atoms with Crippen LogP contribution in [0, 0.1) is 5.82 Å². The van der Waals surface area contributed by atoms with Gasteiger partial charge in [0.25, 0.3) is 0 Å². The van der Waals surface area contributed by atoms with Gasteiger partial charge in [0.15, 0.2) is 16.1 Å². The van der Waals surface area contributed by atoms with Crippen molar-refractivity contribution in [1.82, 2.24) is 19.7 Å². The monoisotopic (exact) mass is 497 g/mol. The molecule has 0 spiro atoms. The Labute approximate surface area is 203 Å². The maximum atomic E-state index is 13.5. The maximum absolute atomic E-state index is 13.5. The first-order valence-electron chi connectivity index (χ1n) is 10.3. The Balaban J connectivity index is 1.47. The van der Waals surface area contributed by atoms with Gasteiger partial charge in [-0.15, -0.1) is 21.5 Å². The minimum atomic E-state index is -0.365. The fourth-order valence-corrected chi connectivity index (χ4v) is 4.53. The predicted octanol–water partition coefficient (Wildman–Crippen LogP) is 4.37. The molecule has 174 valence electrons. The number of carbonyl (C=O) groups excluding carboxylic acids is 2. The number of benzene rings is 2. The summed E-state index contributed by atoms with van der Waals surface area (Å²) in [6.45, 7) is 2.04. The van der Waals surface area contributed by atoms with E-state index < -0.39 is 0 Å². The van der Waals surface area contributed by atoms with Crippen molar-refractivity contribution in [2.24, 2.45) is 0 Å². The van der Waals surface area contributed by atoms with Gasteiger partial charge in [0.05, 0.1) is 24.5 Å². The van der Waals surface area contributed by atoms with E-state index in [4.69, 9.17) is 4.74 Å². The molecule has 11 heteroatoms. The van der Waals surface area contributed by atoms with Crippen molar-refractivity contribution in [3.8, 4) is 17.1 Å². The number of hydrogen-bond acceptors (Lipinski definition) is 8. The van der Waals surface area contributed by atoms with Crippen LogP contribution in [0.1, 0.15) is 12.6 Å². The van der Waals surface area contributed by atoms with Crippen molar-refractivity contribution in [2.75, 3.05) is 17.7 Å². The van der Waals surface area contributed by atoms with Crippen LogP contribution in [0.2, 0.25) is 0 Å². The van der Waals surface area contributed by atoms with Gasteiger partial charge in [0.1, 0.15) is 5.82 Å². The van der Waals surface area contributed by atoms with E-state index >= 15 is 0 Å². The number of nitrogens with zero attached hydrogens (tertiary/aromatic N) is 4. The standard InChI is InChI=1S/C23H20FN5O3S2/c1-2-32-20(31)12-17-13-33-22(25-17)26-19(30)14-34-23-28-27-21(15-6-4-3-5-7-15)29(23)18-10-8-16(24)9-11-18/h3-11,13H,2,12,14H2,1H3,(H,25,26,30). The Morgan fingerprint density at radius 1 is 1.12 bits per heavy atom. The number of anilines is 1. The third-order valence-corrected chi connectivity index (χ3v) is 6.25. The quantitative estimate of drug-likeness (QED) is 0.271. The molecule has 2 aromatic heterocycles. The molecule has 34 heavy (non-hydrogen) atoms. The number of rotatable bonds is 9. The number of thioether (sulfide) groups is 1. The highest BCUT2D eigenvalue weighted by Gasteiger charge is 2.18. The summed E-state index contributed by atoms with van der Waals surface area (Å²) in [4.78, 5) is 28.4. The molecule has 0 aliphatic heterocycles. The Morgan fingerprint density at radius 2 is 1.88 bits per heavy atom. The minimum Gasteiger partial charge on any atom is -0.466 e. The van der Waals surface area contributed by atoms with Crippen molar-refractivity contribution in [3.63, 3.8) is 0 Å². The largest absolute Gasteiger partial charge is 0.466 e. The first-order valence-corrected chi connectivity index (χ1v) is 12.2. The zero-order valence-electron chi connectivity index (χ0n) is 18.1. The average molecular weight is 498 g/mol. The maximum Gasteiger partial charge on any atom is 0.311 e. The molecular weight excluding hydrogens is 477 g/mol. The molecule has 0 saturated carbocycles. The smallest absolute Gasteiger partial charge is 0.311 e. The lowest BCUT2D eigenvalue weighted by Gasteiger charge is -2.10. The van der Waals surface area contributed by atoms with Crippen LogP contribution >= 0.6 is 23.1 Å². The normalized spacial score (nSPS) is 10.8. The molecule has 2 heterocycles. The molecule has 0 aliphatic carbocycles. The first kappa shape index (κ1) is 23.6. The van der Waals surface area contributed by atoms with Crippen LogP contribution < -0.4 is 5.32 Å². The molecule has 4 rings (SSSR count). The summed E-state index contributed by atoms with van der Waals surface area (Å²) in [6, 6.07) is 15.5. The predicted molar refractivity (Wildman–Crippen MR) is 129 cm³/mol. The molecular formula is C23H20FN5O3S2. The van der Waals surface area contributed by atoms with E-state index in [1.165, 1.54) is 35.2 Å². The number of hydrogen-bond donors (Lipinski definition) is 1. The van der Waals surface area contributed by atoms with E-state index in [1.54, 1.807) is 29.0 Å². The zero-order chi connectivity index (χ0) is 23.9. The number of esters is 1. The van der Waals surface area contributed by atoms with Crippen molar-refractivity contribution in [1.29, 1.82) is 0 Å². The third kappa shape index (κ3) is 5.86. The molecule has 0 radical (unpaired) electrons. The molecule has 1 N–H and O–H groups in total. The summed E-state index contributed by atoms with van der Waals surface area (Å²) in [7, 11) is 0. The molecule has 4 aromatic rings. The van der Waals surface area contributed by atoms with Gasteiger partial charge in [-0.1, -0.05) is 42.1 Å². The van der Waals surface area contributed by atoms with Gasteiger partial charge in [-0.25, -0.2) is 9.37 Å². The number of amides is 1. The average Bonchev–Trinajstić information content (AvgIpc) is 3.46. The second-order valence-corrected chi connectivity index (χ2v) is 8.75. The highest BCUT2D eigenvalue weighted by Crippen LogP contribution is 2.28. The summed E-state index contributed by atoms with van der Waals surface area (Å²) in [6.07, 6.45) is 0.0536. The lowest BCUT2D eigenvalue weighted by molar-refractivity contribution is -0.142. The minimum absolute atomic E-state index is 0.0536. The number of carbonyl (C=O) groups is 2. The lowest BCUT2D eigenvalue weighted by atomic mass is 10.2. The van der Waals surface area contributed by atoms with E-state index in [0.717, 1.165) is 5.56 Å². The molecule has 1 amide bonds. The number of ether oxygens (including phenoxy) is 1. The van der Waals surface area contributed by atoms with E-state index in [1.807, 2.05) is 30.3 Å². The second-order valence-electron chi connectivity index (χ2n) is 6.95. The van der Waals surface area contributed by atoms with Gasteiger partial charge in [0, 0.05) is 16.6 Å². The molecule has 0 saturated heterocycles. The summed E-state index contributed by atoms with van der Waals surface area (Å²) in [5, 5.41) is 13.9. The highest BCUT2D eigenvalue weighted by atomic mass is 32.2. The topological polar surface area (TPSA) is 99.0 Å². The number of thiazole rings is 1. The summed E-state index contributed by atoms with van der Waals surface area (Å²) in [5.41, 5.74) is 2.05. The van der Waals surface area contributed by atoms with Crippen LogP contribution in [0.5, 0.6) is 0 Å². The van der Waals surface area contributed by atoms with Gasteiger partial charge in [0.2, 0.25) is 5.91 Å². The first-order chi connectivity index (χ1) is 16.5. The zero-order valence-corrected chi connectivity index (χ0v) is 19.7. The lowest BCUT2D eigenvalue weighted by Crippen LogP contribution is -2.15. The van der Waals surface area contributed by atoms with Gasteiger partial charge in [-0.2, -0.15) is 0 Å². The Hall–Kier alpha value is -3.57. The van der Waals surface area contributed by atoms with Crippen molar-refractivity contribution >= 4 is 40.1 Å². The van der Waals surface area contributed by atoms with Gasteiger partial charge >= 0.3 is 5.97 Å². The van der Waals surface area contributed by atoms with Gasteiger partial charge in [-0.3, -0.25) is 14.2 Å². The van der Waals surface area contributed by atoms with Gasteiger partial charge < -0.3 is 10.1 Å². The summed E-state index contributed by atoms with van der Waals surface area (Å²) < 4.78 is 20.2. The van der Waals surface area contributed by atoms with Crippen LogP contribution in [-0.2, 0) is 20.7 Å². The molecule has 2 aromatic carbocycles. The van der Waals surface area contributed by atoms with Crippen LogP contribution in [0.4, 0.5) is 9.52 Å². The van der Waals surface area contributed by atoms with Crippen LogP contribution in [0.3, 0.4) is 0 Å². The molecule has 0 fully saturated rings. The third-order valence-electron chi connectivity index (χ3n) is 4.51. The summed E-state index contributed by atoms with van der Waals surface area (Å²) >= 11 is 2.43. The van der Waals surface area contributed by atoms with Crippen LogP contribution in [-0.4, -0.2) is 44.0 Å². The van der Waals surface area contributed by atoms with E-state index in [9.17, 15) is 14.0 Å². The summed E-state index contributed by atoms with van der Waals surface area (Å²) in [5.74, 6) is -0.357. The highest BCUT2D eigenvalue weighted by molar-refractivity contribution is 7.99. The van der Waals surface area contributed by atoms with E-state index in [0.29, 0.717) is 34.1 Å². The Kier molecular flexibility index (Phi) is 7.65.